The van der Waals surface area contributed by atoms with Crippen LogP contribution in [0.15, 0.2) is 0 Å². The first-order chi connectivity index (χ1) is 7.09. The summed E-state index contributed by atoms with van der Waals surface area (Å²) >= 11 is 0. The van der Waals surface area contributed by atoms with Crippen molar-refractivity contribution in [2.75, 3.05) is 13.1 Å². The quantitative estimate of drug-likeness (QED) is 0.774. The van der Waals surface area contributed by atoms with Crippen molar-refractivity contribution in [2.24, 2.45) is 17.6 Å². The number of nitrogens with zero attached hydrogens (tertiary/aromatic N) is 1. The van der Waals surface area contributed by atoms with Gasteiger partial charge in [0.2, 0.25) is 0 Å². The number of hydrogen-bond donors (Lipinski definition) is 1. The van der Waals surface area contributed by atoms with Crippen molar-refractivity contribution >= 4 is 0 Å². The maximum absolute atomic E-state index is 6.04. The van der Waals surface area contributed by atoms with Gasteiger partial charge < -0.3 is 5.73 Å². The first kappa shape index (κ1) is 11.4. The minimum absolute atomic E-state index is 0.286. The molecule has 15 heavy (non-hydrogen) atoms. The Hall–Kier alpha value is -0.0800. The number of piperidine rings is 1. The van der Waals surface area contributed by atoms with E-state index in [9.17, 15) is 0 Å². The molecule has 0 bridgehead atoms. The molecule has 0 aromatic heterocycles. The van der Waals surface area contributed by atoms with E-state index < -0.39 is 0 Å². The largest absolute Gasteiger partial charge is 0.329 e. The zero-order valence-electron chi connectivity index (χ0n) is 10.5. The summed E-state index contributed by atoms with van der Waals surface area (Å²) in [6.45, 7) is 9.25. The zero-order valence-corrected chi connectivity index (χ0v) is 10.5. The molecular weight excluding hydrogens is 184 g/mol. The molecule has 88 valence electrons. The van der Waals surface area contributed by atoms with Crippen molar-refractivity contribution in [3.63, 3.8) is 0 Å². The second kappa shape index (κ2) is 4.06. The molecule has 2 rings (SSSR count). The van der Waals surface area contributed by atoms with Gasteiger partial charge in [0.15, 0.2) is 0 Å². The average molecular weight is 210 g/mol. The van der Waals surface area contributed by atoms with Crippen molar-refractivity contribution in [1.82, 2.24) is 4.90 Å². The third-order valence-electron chi connectivity index (χ3n) is 4.90. The van der Waals surface area contributed by atoms with E-state index in [1.54, 1.807) is 0 Å². The summed E-state index contributed by atoms with van der Waals surface area (Å²) in [5, 5.41) is 0. The highest BCUT2D eigenvalue weighted by atomic mass is 15.2. The Morgan fingerprint density at radius 1 is 1.27 bits per heavy atom. The molecule has 1 aliphatic heterocycles. The summed E-state index contributed by atoms with van der Waals surface area (Å²) in [5.74, 6) is 1.71. The molecule has 3 unspecified atom stereocenters. The molecule has 2 heteroatoms. The molecule has 1 saturated heterocycles. The maximum Gasteiger partial charge on any atom is 0.0334 e. The molecule has 0 radical (unpaired) electrons. The van der Waals surface area contributed by atoms with Crippen molar-refractivity contribution < 1.29 is 0 Å². The van der Waals surface area contributed by atoms with Crippen LogP contribution in [0.1, 0.15) is 46.5 Å². The Labute approximate surface area is 94.2 Å². The molecule has 0 amide bonds. The lowest BCUT2D eigenvalue weighted by molar-refractivity contribution is 0.00171. The molecule has 2 N–H and O–H groups in total. The summed E-state index contributed by atoms with van der Waals surface area (Å²) in [5.41, 5.74) is 6.33. The molecule has 2 nitrogen and oxygen atoms in total. The fourth-order valence-electron chi connectivity index (χ4n) is 3.28. The first-order valence-electron chi connectivity index (χ1n) is 6.56. The Balaban J connectivity index is 2.12. The lowest BCUT2D eigenvalue weighted by atomic mass is 9.84. The van der Waals surface area contributed by atoms with Crippen LogP contribution in [0, 0.1) is 11.8 Å². The minimum Gasteiger partial charge on any atom is -0.329 e. The molecule has 2 fully saturated rings. The van der Waals surface area contributed by atoms with Gasteiger partial charge in [-0.2, -0.15) is 0 Å². The SMILES string of the molecule is CC1CCCN(C(C)(CN)C2CC2)C1C. The lowest BCUT2D eigenvalue weighted by Crippen LogP contribution is -2.60. The standard InChI is InChI=1S/C13H26N2/c1-10-5-4-8-15(11(10)2)13(3,9-14)12-6-7-12/h10-12H,4-9,14H2,1-3H3. The Kier molecular flexibility index (Phi) is 3.09. The third kappa shape index (κ3) is 1.94. The number of hydrogen-bond acceptors (Lipinski definition) is 2. The van der Waals surface area contributed by atoms with Gasteiger partial charge >= 0.3 is 0 Å². The van der Waals surface area contributed by atoms with Crippen LogP contribution in [-0.2, 0) is 0 Å². The summed E-state index contributed by atoms with van der Waals surface area (Å²) in [4.78, 5) is 2.71. The highest BCUT2D eigenvalue weighted by Gasteiger charge is 2.47. The van der Waals surface area contributed by atoms with Crippen LogP contribution in [0.2, 0.25) is 0 Å². The van der Waals surface area contributed by atoms with Crippen LogP contribution in [0.25, 0.3) is 0 Å². The van der Waals surface area contributed by atoms with Crippen molar-refractivity contribution in [2.45, 2.75) is 58.0 Å². The van der Waals surface area contributed by atoms with Crippen molar-refractivity contribution in [3.05, 3.63) is 0 Å². The van der Waals surface area contributed by atoms with Gasteiger partial charge in [0.25, 0.3) is 0 Å². The van der Waals surface area contributed by atoms with Crippen LogP contribution in [0.5, 0.6) is 0 Å². The van der Waals surface area contributed by atoms with Gasteiger partial charge in [-0.1, -0.05) is 6.92 Å². The van der Waals surface area contributed by atoms with Crippen molar-refractivity contribution in [3.8, 4) is 0 Å². The molecule has 0 spiro atoms. The van der Waals surface area contributed by atoms with Crippen LogP contribution < -0.4 is 5.73 Å². The van der Waals surface area contributed by atoms with E-state index in [0.29, 0.717) is 6.04 Å². The van der Waals surface area contributed by atoms with Gasteiger partial charge in [-0.15, -0.1) is 0 Å². The predicted octanol–water partition coefficient (Wildman–Crippen LogP) is 2.23. The first-order valence-corrected chi connectivity index (χ1v) is 6.56. The fraction of sp³-hybridized carbons (Fsp3) is 1.00. The smallest absolute Gasteiger partial charge is 0.0334 e. The van der Waals surface area contributed by atoms with Crippen LogP contribution in [0.4, 0.5) is 0 Å². The fourth-order valence-corrected chi connectivity index (χ4v) is 3.28. The van der Waals surface area contributed by atoms with E-state index in [1.807, 2.05) is 0 Å². The van der Waals surface area contributed by atoms with Gasteiger partial charge in [-0.3, -0.25) is 4.90 Å². The summed E-state index contributed by atoms with van der Waals surface area (Å²) in [7, 11) is 0. The van der Waals surface area contributed by atoms with E-state index in [1.165, 1.54) is 32.2 Å². The highest BCUT2D eigenvalue weighted by Crippen LogP contribution is 2.45. The Morgan fingerprint density at radius 2 is 1.93 bits per heavy atom. The predicted molar refractivity (Wildman–Crippen MR) is 64.7 cm³/mol. The van der Waals surface area contributed by atoms with E-state index in [2.05, 4.69) is 25.7 Å². The van der Waals surface area contributed by atoms with E-state index in [4.69, 9.17) is 5.73 Å². The maximum atomic E-state index is 6.04. The zero-order chi connectivity index (χ0) is 11.1. The number of nitrogens with two attached hydrogens (primary N) is 1. The summed E-state index contributed by atoms with van der Waals surface area (Å²) in [6.07, 6.45) is 5.54. The Morgan fingerprint density at radius 3 is 2.47 bits per heavy atom. The van der Waals surface area contributed by atoms with Gasteiger partial charge in [-0.25, -0.2) is 0 Å². The lowest BCUT2D eigenvalue weighted by Gasteiger charge is -2.49. The van der Waals surface area contributed by atoms with Gasteiger partial charge in [-0.05, 0) is 57.9 Å². The molecule has 2 aliphatic rings. The number of rotatable bonds is 3. The van der Waals surface area contributed by atoms with Crippen molar-refractivity contribution in [1.29, 1.82) is 0 Å². The third-order valence-corrected chi connectivity index (χ3v) is 4.90. The second-order valence-electron chi connectivity index (χ2n) is 5.89. The monoisotopic (exact) mass is 210 g/mol. The molecular formula is C13H26N2. The minimum atomic E-state index is 0.286. The van der Waals surface area contributed by atoms with E-state index in [0.717, 1.165) is 18.4 Å². The summed E-state index contributed by atoms with van der Waals surface area (Å²) in [6, 6.07) is 0.716. The van der Waals surface area contributed by atoms with Gasteiger partial charge in [0.05, 0.1) is 0 Å². The molecule has 1 heterocycles. The van der Waals surface area contributed by atoms with Crippen LogP contribution >= 0.6 is 0 Å². The topological polar surface area (TPSA) is 29.3 Å². The summed E-state index contributed by atoms with van der Waals surface area (Å²) < 4.78 is 0. The van der Waals surface area contributed by atoms with Crippen LogP contribution in [-0.4, -0.2) is 29.6 Å². The van der Waals surface area contributed by atoms with E-state index >= 15 is 0 Å². The molecule has 1 aliphatic carbocycles. The van der Waals surface area contributed by atoms with E-state index in [-0.39, 0.29) is 5.54 Å². The number of likely N-dealkylation sites (tertiary alicyclic amines) is 1. The molecule has 1 saturated carbocycles. The average Bonchev–Trinajstić information content (AvgIpc) is 3.05. The molecule has 0 aromatic carbocycles. The molecule has 3 atom stereocenters. The van der Waals surface area contributed by atoms with Gasteiger partial charge in [0.1, 0.15) is 0 Å². The van der Waals surface area contributed by atoms with Crippen LogP contribution in [0.3, 0.4) is 0 Å². The molecule has 0 aromatic rings. The van der Waals surface area contributed by atoms with Gasteiger partial charge in [0, 0.05) is 18.1 Å². The Bertz CT molecular complexity index is 225. The normalized spacial score (nSPS) is 37.6. The highest BCUT2D eigenvalue weighted by molar-refractivity contribution is 5.03. The second-order valence-corrected chi connectivity index (χ2v) is 5.89.